The van der Waals surface area contributed by atoms with Gasteiger partial charge in [-0.05, 0) is 40.5 Å². The highest BCUT2D eigenvalue weighted by molar-refractivity contribution is 5.91. The van der Waals surface area contributed by atoms with Crippen molar-refractivity contribution in [3.8, 4) is 0 Å². The van der Waals surface area contributed by atoms with E-state index in [2.05, 4.69) is 47.6 Å². The maximum atomic E-state index is 12.0. The molecule has 0 amide bonds. The number of aliphatic hydroxyl groups is 1. The number of aliphatic hydroxyl groups excluding tert-OH is 1. The van der Waals surface area contributed by atoms with Crippen LogP contribution in [0.3, 0.4) is 0 Å². The molecule has 1 N–H and O–H groups in total. The van der Waals surface area contributed by atoms with Crippen molar-refractivity contribution in [2.45, 2.75) is 84.8 Å². The van der Waals surface area contributed by atoms with Crippen molar-refractivity contribution in [2.75, 3.05) is 6.61 Å². The van der Waals surface area contributed by atoms with Gasteiger partial charge < -0.3 is 14.6 Å². The molecule has 1 aromatic carbocycles. The Balaban J connectivity index is 2.91. The van der Waals surface area contributed by atoms with Gasteiger partial charge in [0.2, 0.25) is 6.29 Å². The van der Waals surface area contributed by atoms with Crippen molar-refractivity contribution in [3.63, 3.8) is 0 Å². The second-order valence-corrected chi connectivity index (χ2v) is 8.94. The molecular formula is C22H34O5. The van der Waals surface area contributed by atoms with E-state index in [0.717, 1.165) is 24.0 Å². The Morgan fingerprint density at radius 1 is 0.963 bits per heavy atom. The Bertz CT molecular complexity index is 617. The molecule has 1 unspecified atom stereocenters. The summed E-state index contributed by atoms with van der Waals surface area (Å²) in [4.78, 5) is 23.6. The highest BCUT2D eigenvalue weighted by Gasteiger charge is 2.24. The first-order valence-electron chi connectivity index (χ1n) is 9.53. The van der Waals surface area contributed by atoms with Gasteiger partial charge in [-0.3, -0.25) is 9.59 Å². The summed E-state index contributed by atoms with van der Waals surface area (Å²) in [6.07, 6.45) is -0.287. The molecule has 27 heavy (non-hydrogen) atoms. The van der Waals surface area contributed by atoms with Crippen LogP contribution in [0.2, 0.25) is 0 Å². The minimum Gasteiger partial charge on any atom is -0.465 e. The van der Waals surface area contributed by atoms with E-state index < -0.39 is 24.6 Å². The molecule has 0 aliphatic heterocycles. The lowest BCUT2D eigenvalue weighted by Crippen LogP contribution is -2.20. The first-order valence-corrected chi connectivity index (χ1v) is 9.53. The lowest BCUT2D eigenvalue weighted by Gasteiger charge is -2.27. The van der Waals surface area contributed by atoms with Gasteiger partial charge in [0.25, 0.3) is 0 Å². The molecule has 5 heteroatoms. The Hall–Kier alpha value is -1.88. The van der Waals surface area contributed by atoms with Crippen LogP contribution < -0.4 is 0 Å². The molecule has 0 saturated heterocycles. The van der Waals surface area contributed by atoms with Gasteiger partial charge in [0.05, 0.1) is 6.61 Å². The van der Waals surface area contributed by atoms with Crippen molar-refractivity contribution in [2.24, 2.45) is 0 Å². The summed E-state index contributed by atoms with van der Waals surface area (Å²) in [6, 6.07) is 5.79. The predicted molar refractivity (Wildman–Crippen MR) is 105 cm³/mol. The monoisotopic (exact) mass is 378 g/mol. The molecule has 0 aliphatic carbocycles. The fourth-order valence-electron chi connectivity index (χ4n) is 2.39. The molecule has 0 aromatic heterocycles. The number of benzene rings is 1. The Morgan fingerprint density at radius 2 is 1.48 bits per heavy atom. The second kappa shape index (κ2) is 9.36. The van der Waals surface area contributed by atoms with Crippen LogP contribution in [0.4, 0.5) is 0 Å². The first kappa shape index (κ1) is 23.2. The molecule has 0 heterocycles. The zero-order chi connectivity index (χ0) is 20.8. The number of carbonyl (C=O) groups excluding carboxylic acids is 2. The number of hydrogen-bond acceptors (Lipinski definition) is 5. The van der Waals surface area contributed by atoms with Crippen molar-refractivity contribution in [1.29, 1.82) is 0 Å². The van der Waals surface area contributed by atoms with Gasteiger partial charge in [-0.25, -0.2) is 0 Å². The quantitative estimate of drug-likeness (QED) is 0.326. The van der Waals surface area contributed by atoms with Crippen LogP contribution in [0.5, 0.6) is 0 Å². The summed E-state index contributed by atoms with van der Waals surface area (Å²) >= 11 is 0. The topological polar surface area (TPSA) is 72.8 Å². The zero-order valence-corrected chi connectivity index (χ0v) is 17.7. The summed E-state index contributed by atoms with van der Waals surface area (Å²) in [7, 11) is 0. The first-order chi connectivity index (χ1) is 12.3. The van der Waals surface area contributed by atoms with Crippen LogP contribution in [-0.4, -0.2) is 23.7 Å². The van der Waals surface area contributed by atoms with Crippen LogP contribution in [0.1, 0.15) is 90.7 Å². The third kappa shape index (κ3) is 7.71. The second-order valence-electron chi connectivity index (χ2n) is 8.94. The molecule has 5 nitrogen and oxygen atoms in total. The van der Waals surface area contributed by atoms with Crippen LogP contribution in [0.25, 0.3) is 0 Å². The number of rotatable bonds is 7. The van der Waals surface area contributed by atoms with Crippen LogP contribution in [0.15, 0.2) is 18.2 Å². The minimum absolute atomic E-state index is 0.122. The third-order valence-electron chi connectivity index (χ3n) is 4.27. The standard InChI is InChI=1S/C22H34O5/c1-8-9-10-26-18(23)14-19(24)27-20(25)15-11-16(21(2,3)4)13-17(12-15)22(5,6)7/h11-13,20,25H,8-10,14H2,1-7H3. The average Bonchev–Trinajstić information content (AvgIpc) is 2.52. The number of hydrogen-bond donors (Lipinski definition) is 1. The van der Waals surface area contributed by atoms with Gasteiger partial charge in [0.15, 0.2) is 0 Å². The fourth-order valence-corrected chi connectivity index (χ4v) is 2.39. The zero-order valence-electron chi connectivity index (χ0n) is 17.7. The predicted octanol–water partition coefficient (Wildman–Crippen LogP) is 4.55. The van der Waals surface area contributed by atoms with E-state index in [1.54, 1.807) is 0 Å². The smallest absolute Gasteiger partial charge is 0.319 e. The maximum absolute atomic E-state index is 12.0. The summed E-state index contributed by atoms with van der Waals surface area (Å²) in [6.45, 7) is 14.8. The molecule has 0 spiro atoms. The van der Waals surface area contributed by atoms with Crippen LogP contribution >= 0.6 is 0 Å². The molecule has 1 rings (SSSR count). The van der Waals surface area contributed by atoms with Gasteiger partial charge >= 0.3 is 11.9 Å². The SMILES string of the molecule is CCCCOC(=O)CC(=O)OC(O)c1cc(C(C)(C)C)cc(C(C)(C)C)c1. The van der Waals surface area contributed by atoms with E-state index in [0.29, 0.717) is 5.56 Å². The van der Waals surface area contributed by atoms with Crippen molar-refractivity contribution >= 4 is 11.9 Å². The molecule has 152 valence electrons. The highest BCUT2D eigenvalue weighted by atomic mass is 16.6. The summed E-state index contributed by atoms with van der Waals surface area (Å²) in [5.41, 5.74) is 2.34. The summed E-state index contributed by atoms with van der Waals surface area (Å²) in [5, 5.41) is 10.4. The van der Waals surface area contributed by atoms with Crippen LogP contribution in [0, 0.1) is 0 Å². The third-order valence-corrected chi connectivity index (χ3v) is 4.27. The highest BCUT2D eigenvalue weighted by Crippen LogP contribution is 2.32. The molecular weight excluding hydrogens is 344 g/mol. The maximum Gasteiger partial charge on any atom is 0.319 e. The van der Waals surface area contributed by atoms with E-state index in [9.17, 15) is 14.7 Å². The Labute approximate surface area is 163 Å². The molecule has 0 radical (unpaired) electrons. The van der Waals surface area contributed by atoms with E-state index in [1.165, 1.54) is 0 Å². The van der Waals surface area contributed by atoms with Gasteiger partial charge in [0.1, 0.15) is 6.42 Å². The Morgan fingerprint density at radius 3 is 1.93 bits per heavy atom. The van der Waals surface area contributed by atoms with Gasteiger partial charge in [-0.2, -0.15) is 0 Å². The molecule has 1 atom stereocenters. The number of esters is 2. The van der Waals surface area contributed by atoms with Crippen LogP contribution in [-0.2, 0) is 29.9 Å². The van der Waals surface area contributed by atoms with Crippen molar-refractivity contribution in [3.05, 3.63) is 34.9 Å². The Kier molecular flexibility index (Phi) is 8.03. The lowest BCUT2D eigenvalue weighted by atomic mass is 9.79. The molecule has 0 saturated carbocycles. The molecule has 1 aromatic rings. The van der Waals surface area contributed by atoms with Crippen molar-refractivity contribution in [1.82, 2.24) is 0 Å². The van der Waals surface area contributed by atoms with Gasteiger partial charge in [0, 0.05) is 5.56 Å². The molecule has 0 aliphatic rings. The van der Waals surface area contributed by atoms with E-state index >= 15 is 0 Å². The van der Waals surface area contributed by atoms with E-state index in [-0.39, 0.29) is 17.4 Å². The molecule has 0 bridgehead atoms. The molecule has 0 fully saturated rings. The number of carbonyl (C=O) groups is 2. The fraction of sp³-hybridized carbons (Fsp3) is 0.636. The van der Waals surface area contributed by atoms with Crippen molar-refractivity contribution < 1.29 is 24.2 Å². The number of unbranched alkanes of at least 4 members (excludes halogenated alkanes) is 1. The van der Waals surface area contributed by atoms with E-state index in [4.69, 9.17) is 9.47 Å². The van der Waals surface area contributed by atoms with Gasteiger partial charge in [-0.1, -0.05) is 61.0 Å². The summed E-state index contributed by atoms with van der Waals surface area (Å²) < 4.78 is 10.0. The lowest BCUT2D eigenvalue weighted by molar-refractivity contribution is -0.172. The minimum atomic E-state index is -1.43. The normalized spacial score (nSPS) is 13.2. The largest absolute Gasteiger partial charge is 0.465 e. The average molecular weight is 379 g/mol. The van der Waals surface area contributed by atoms with Gasteiger partial charge in [-0.15, -0.1) is 0 Å². The van der Waals surface area contributed by atoms with E-state index in [1.807, 2.05) is 19.1 Å². The summed E-state index contributed by atoms with van der Waals surface area (Å²) in [5.74, 6) is -1.44. The number of ether oxygens (including phenoxy) is 2.